The fourth-order valence-electron chi connectivity index (χ4n) is 2.16. The highest BCUT2D eigenvalue weighted by molar-refractivity contribution is 6.31. The molecule has 0 saturated carbocycles. The number of hydrogen-bond donors (Lipinski definition) is 2. The Bertz CT molecular complexity index is 909. The van der Waals surface area contributed by atoms with Crippen LogP contribution in [-0.4, -0.2) is 27.9 Å². The molecule has 3 rings (SSSR count). The zero-order valence-corrected chi connectivity index (χ0v) is 14.6. The summed E-state index contributed by atoms with van der Waals surface area (Å²) in [5, 5.41) is 16.9. The number of phenols is 1. The molecule has 1 amide bonds. The van der Waals surface area contributed by atoms with Crippen LogP contribution < -0.4 is 14.8 Å². The number of carbonyl (C=O) groups is 1. The van der Waals surface area contributed by atoms with Crippen LogP contribution >= 0.6 is 11.6 Å². The summed E-state index contributed by atoms with van der Waals surface area (Å²) >= 11 is 5.86. The normalized spacial score (nSPS) is 10.4. The molecule has 26 heavy (non-hydrogen) atoms. The molecule has 0 aliphatic carbocycles. The Labute approximate surface area is 154 Å². The van der Waals surface area contributed by atoms with E-state index in [2.05, 4.69) is 10.4 Å². The number of hydrogen-bond acceptors (Lipinski definition) is 5. The Morgan fingerprint density at radius 1 is 1.19 bits per heavy atom. The molecular formula is C18H16ClN3O4. The number of ether oxygens (including phenoxy) is 2. The molecule has 0 radical (unpaired) electrons. The van der Waals surface area contributed by atoms with Gasteiger partial charge in [0.05, 0.1) is 12.8 Å². The highest BCUT2D eigenvalue weighted by Gasteiger charge is 2.12. The van der Waals surface area contributed by atoms with E-state index in [4.69, 9.17) is 21.1 Å². The van der Waals surface area contributed by atoms with Crippen molar-refractivity contribution in [1.29, 1.82) is 0 Å². The predicted octanol–water partition coefficient (Wildman–Crippen LogP) is 3.54. The lowest BCUT2D eigenvalue weighted by Gasteiger charge is -2.07. The molecule has 2 aromatic carbocycles. The van der Waals surface area contributed by atoms with E-state index in [-0.39, 0.29) is 23.9 Å². The molecule has 0 aliphatic rings. The SMILES string of the molecule is COc1ccc(OCn2ccc(C(=O)Nc3cc(Cl)ccc3O)n2)cc1. The van der Waals surface area contributed by atoms with Gasteiger partial charge in [-0.3, -0.25) is 4.79 Å². The number of carbonyl (C=O) groups excluding carboxylic acids is 1. The predicted molar refractivity (Wildman–Crippen MR) is 96.9 cm³/mol. The molecule has 0 saturated heterocycles. The van der Waals surface area contributed by atoms with Crippen molar-refractivity contribution in [2.24, 2.45) is 0 Å². The number of aromatic hydroxyl groups is 1. The Morgan fingerprint density at radius 2 is 1.92 bits per heavy atom. The number of aromatic nitrogens is 2. The highest BCUT2D eigenvalue weighted by Crippen LogP contribution is 2.26. The van der Waals surface area contributed by atoms with Crippen molar-refractivity contribution < 1.29 is 19.4 Å². The van der Waals surface area contributed by atoms with E-state index >= 15 is 0 Å². The summed E-state index contributed by atoms with van der Waals surface area (Å²) in [6, 6.07) is 13.1. The van der Waals surface area contributed by atoms with Gasteiger partial charge >= 0.3 is 0 Å². The van der Waals surface area contributed by atoms with Gasteiger partial charge in [0, 0.05) is 11.2 Å². The fourth-order valence-corrected chi connectivity index (χ4v) is 2.33. The van der Waals surface area contributed by atoms with Crippen molar-refractivity contribution in [3.05, 3.63) is 65.4 Å². The first kappa shape index (κ1) is 17.6. The van der Waals surface area contributed by atoms with Crippen LogP contribution in [0, 0.1) is 0 Å². The summed E-state index contributed by atoms with van der Waals surface area (Å²) in [4.78, 5) is 12.2. The number of benzene rings is 2. The summed E-state index contributed by atoms with van der Waals surface area (Å²) in [6.07, 6.45) is 1.62. The summed E-state index contributed by atoms with van der Waals surface area (Å²) in [5.74, 6) is 0.839. The van der Waals surface area contributed by atoms with Gasteiger partial charge in [-0.2, -0.15) is 5.10 Å². The van der Waals surface area contributed by atoms with Crippen LogP contribution in [0.4, 0.5) is 5.69 Å². The van der Waals surface area contributed by atoms with Gasteiger partial charge in [0.15, 0.2) is 12.4 Å². The summed E-state index contributed by atoms with van der Waals surface area (Å²) < 4.78 is 12.2. The van der Waals surface area contributed by atoms with Crippen LogP contribution in [-0.2, 0) is 6.73 Å². The number of halogens is 1. The van der Waals surface area contributed by atoms with E-state index in [1.54, 1.807) is 43.6 Å². The van der Waals surface area contributed by atoms with Crippen molar-refractivity contribution in [2.45, 2.75) is 6.73 Å². The quantitative estimate of drug-likeness (QED) is 0.645. The summed E-state index contributed by atoms with van der Waals surface area (Å²) in [6.45, 7) is 0.141. The fraction of sp³-hybridized carbons (Fsp3) is 0.111. The Kier molecular flexibility index (Phi) is 5.28. The maximum absolute atomic E-state index is 12.2. The standard InChI is InChI=1S/C18H16ClN3O4/c1-25-13-3-5-14(6-4-13)26-11-22-9-8-15(21-22)18(24)20-16-10-12(19)2-7-17(16)23/h2-10,23H,11H2,1H3,(H,20,24). The van der Waals surface area contributed by atoms with E-state index in [1.807, 2.05) is 0 Å². The topological polar surface area (TPSA) is 85.6 Å². The van der Waals surface area contributed by atoms with Crippen LogP contribution in [0.5, 0.6) is 17.2 Å². The molecule has 0 bridgehead atoms. The van der Waals surface area contributed by atoms with Gasteiger partial charge in [0.1, 0.15) is 17.2 Å². The van der Waals surface area contributed by atoms with E-state index < -0.39 is 5.91 Å². The molecule has 0 aliphatic heterocycles. The zero-order chi connectivity index (χ0) is 18.5. The number of methoxy groups -OCH3 is 1. The Balaban J connectivity index is 1.61. The van der Waals surface area contributed by atoms with Crippen LogP contribution in [0.3, 0.4) is 0 Å². The van der Waals surface area contributed by atoms with E-state index in [9.17, 15) is 9.90 Å². The molecule has 0 spiro atoms. The first-order valence-corrected chi connectivity index (χ1v) is 8.03. The largest absolute Gasteiger partial charge is 0.506 e. The maximum Gasteiger partial charge on any atom is 0.276 e. The van der Waals surface area contributed by atoms with Gasteiger partial charge in [0.25, 0.3) is 5.91 Å². The first-order valence-electron chi connectivity index (χ1n) is 7.65. The van der Waals surface area contributed by atoms with Crippen LogP contribution in [0.25, 0.3) is 0 Å². The van der Waals surface area contributed by atoms with Crippen molar-refractivity contribution >= 4 is 23.2 Å². The molecule has 0 unspecified atom stereocenters. The first-order chi connectivity index (χ1) is 12.5. The van der Waals surface area contributed by atoms with Crippen molar-refractivity contribution in [3.8, 4) is 17.2 Å². The molecule has 134 valence electrons. The second kappa shape index (κ2) is 7.79. The monoisotopic (exact) mass is 373 g/mol. The molecule has 1 aromatic heterocycles. The maximum atomic E-state index is 12.2. The Hall–Kier alpha value is -3.19. The Morgan fingerprint density at radius 3 is 2.65 bits per heavy atom. The lowest BCUT2D eigenvalue weighted by atomic mass is 10.3. The minimum Gasteiger partial charge on any atom is -0.506 e. The van der Waals surface area contributed by atoms with Crippen LogP contribution in [0.15, 0.2) is 54.7 Å². The van der Waals surface area contributed by atoms with Crippen molar-refractivity contribution in [2.75, 3.05) is 12.4 Å². The third-order valence-electron chi connectivity index (χ3n) is 3.50. The third-order valence-corrected chi connectivity index (χ3v) is 3.74. The number of amides is 1. The van der Waals surface area contributed by atoms with Crippen molar-refractivity contribution in [3.63, 3.8) is 0 Å². The molecule has 1 heterocycles. The van der Waals surface area contributed by atoms with Gasteiger partial charge in [-0.05, 0) is 48.5 Å². The minimum atomic E-state index is -0.467. The van der Waals surface area contributed by atoms with E-state index in [1.165, 1.54) is 22.9 Å². The van der Waals surface area contributed by atoms with E-state index in [0.29, 0.717) is 10.8 Å². The molecule has 0 fully saturated rings. The minimum absolute atomic E-state index is 0.0787. The summed E-state index contributed by atoms with van der Waals surface area (Å²) in [7, 11) is 1.59. The van der Waals surface area contributed by atoms with Gasteiger partial charge in [-0.1, -0.05) is 11.6 Å². The van der Waals surface area contributed by atoms with Crippen molar-refractivity contribution in [1.82, 2.24) is 9.78 Å². The van der Waals surface area contributed by atoms with Gasteiger partial charge in [0.2, 0.25) is 0 Å². The van der Waals surface area contributed by atoms with Crippen LogP contribution in [0.1, 0.15) is 10.5 Å². The second-order valence-electron chi connectivity index (χ2n) is 5.31. The second-order valence-corrected chi connectivity index (χ2v) is 5.74. The van der Waals surface area contributed by atoms with E-state index in [0.717, 1.165) is 5.75 Å². The molecule has 7 nitrogen and oxygen atoms in total. The number of rotatable bonds is 6. The lowest BCUT2D eigenvalue weighted by Crippen LogP contribution is -2.14. The highest BCUT2D eigenvalue weighted by atomic mass is 35.5. The molecule has 8 heteroatoms. The van der Waals surface area contributed by atoms with Gasteiger partial charge < -0.3 is 19.9 Å². The lowest BCUT2D eigenvalue weighted by molar-refractivity contribution is 0.102. The van der Waals surface area contributed by atoms with Gasteiger partial charge in [-0.25, -0.2) is 4.68 Å². The van der Waals surface area contributed by atoms with Gasteiger partial charge in [-0.15, -0.1) is 0 Å². The molecular weight excluding hydrogens is 358 g/mol. The zero-order valence-electron chi connectivity index (χ0n) is 13.8. The third kappa shape index (κ3) is 4.25. The average molecular weight is 374 g/mol. The number of nitrogens with zero attached hydrogens (tertiary/aromatic N) is 2. The summed E-state index contributed by atoms with van der Waals surface area (Å²) in [5.41, 5.74) is 0.397. The smallest absolute Gasteiger partial charge is 0.276 e. The van der Waals surface area contributed by atoms with Crippen LogP contribution in [0.2, 0.25) is 5.02 Å². The average Bonchev–Trinajstić information content (AvgIpc) is 3.12. The molecule has 0 atom stereocenters. The number of phenolic OH excluding ortho intramolecular Hbond substituents is 1. The molecule has 2 N–H and O–H groups in total. The number of nitrogens with one attached hydrogen (secondary N) is 1. The number of anilines is 1. The molecule has 3 aromatic rings.